The minimum Gasteiger partial charge on any atom is -0.462 e. The molecule has 3 N–H and O–H groups in total. The number of amides is 1. The van der Waals surface area contributed by atoms with Crippen LogP contribution in [0, 0.1) is 6.92 Å². The molecule has 0 saturated carbocycles. The Hall–Kier alpha value is -3.41. The van der Waals surface area contributed by atoms with Crippen molar-refractivity contribution in [3.63, 3.8) is 0 Å². The van der Waals surface area contributed by atoms with Crippen LogP contribution in [0.5, 0.6) is 0 Å². The Bertz CT molecular complexity index is 1450. The van der Waals surface area contributed by atoms with Crippen LogP contribution in [0.2, 0.25) is 0 Å². The van der Waals surface area contributed by atoms with Crippen molar-refractivity contribution in [2.45, 2.75) is 39.0 Å². The molecule has 11 heteroatoms. The first-order valence-electron chi connectivity index (χ1n) is 11.9. The van der Waals surface area contributed by atoms with Crippen LogP contribution in [0.25, 0.3) is 22.3 Å². The predicted octanol–water partition coefficient (Wildman–Crippen LogP) is 2.88. The van der Waals surface area contributed by atoms with Crippen LogP contribution in [-0.2, 0) is 24.3 Å². The van der Waals surface area contributed by atoms with E-state index in [1.807, 2.05) is 31.2 Å². The predicted molar refractivity (Wildman–Crippen MR) is 140 cm³/mol. The summed E-state index contributed by atoms with van der Waals surface area (Å²) in [6.07, 6.45) is -0.231. The molecule has 198 valence electrons. The maximum absolute atomic E-state index is 13.0. The molecule has 1 aliphatic heterocycles. The van der Waals surface area contributed by atoms with E-state index >= 15 is 0 Å². The zero-order valence-corrected chi connectivity index (χ0v) is 22.2. The molecule has 0 fully saturated rings. The van der Waals surface area contributed by atoms with Crippen molar-refractivity contribution < 1.29 is 31.9 Å². The number of benzene rings is 2. The van der Waals surface area contributed by atoms with Gasteiger partial charge in [0.2, 0.25) is 10.0 Å². The molecule has 0 aliphatic carbocycles. The molecular formula is C26H31N3O7S. The Morgan fingerprint density at radius 1 is 1.24 bits per heavy atom. The maximum Gasteiger partial charge on any atom is 0.322 e. The molecule has 0 bridgehead atoms. The number of nitrogens with zero attached hydrogens (tertiary/aromatic N) is 1. The first-order chi connectivity index (χ1) is 17.4. The van der Waals surface area contributed by atoms with Crippen molar-refractivity contribution in [2.75, 3.05) is 30.8 Å². The molecule has 2 aromatic carbocycles. The number of rotatable bonds is 6. The van der Waals surface area contributed by atoms with Crippen LogP contribution in [0.3, 0.4) is 0 Å². The molecule has 1 aromatic heterocycles. The summed E-state index contributed by atoms with van der Waals surface area (Å²) in [4.78, 5) is 24.9. The van der Waals surface area contributed by atoms with Gasteiger partial charge in [-0.2, -0.15) is 0 Å². The van der Waals surface area contributed by atoms with E-state index in [1.54, 1.807) is 19.1 Å². The van der Waals surface area contributed by atoms with Gasteiger partial charge in [0, 0.05) is 29.6 Å². The number of fused-ring (bicyclic) bond motifs is 2. The van der Waals surface area contributed by atoms with Gasteiger partial charge in [-0.25, -0.2) is 8.42 Å². The van der Waals surface area contributed by atoms with Crippen molar-refractivity contribution in [3.05, 3.63) is 53.1 Å². The third kappa shape index (κ3) is 5.34. The van der Waals surface area contributed by atoms with Crippen LogP contribution in [0.4, 0.5) is 5.69 Å². The van der Waals surface area contributed by atoms with Gasteiger partial charge in [0.25, 0.3) is 5.91 Å². The fraction of sp³-hybridized carbons (Fsp3) is 0.385. The lowest BCUT2D eigenvalue weighted by molar-refractivity contribution is -0.150. The molecule has 0 spiro atoms. The average Bonchev–Trinajstić information content (AvgIpc) is 3.14. The summed E-state index contributed by atoms with van der Waals surface area (Å²) >= 11 is 0. The van der Waals surface area contributed by atoms with E-state index in [0.717, 1.165) is 17.4 Å². The summed E-state index contributed by atoms with van der Waals surface area (Å²) in [6.45, 7) is 4.99. The number of carbonyl (C=O) groups is 2. The summed E-state index contributed by atoms with van der Waals surface area (Å²) in [7, 11) is -2.22. The quantitative estimate of drug-likeness (QED) is 0.465. The highest BCUT2D eigenvalue weighted by molar-refractivity contribution is 7.92. The van der Waals surface area contributed by atoms with E-state index in [-0.39, 0.29) is 19.1 Å². The van der Waals surface area contributed by atoms with Gasteiger partial charge in [0.15, 0.2) is 0 Å². The van der Waals surface area contributed by atoms with Crippen LogP contribution in [-0.4, -0.2) is 58.9 Å². The van der Waals surface area contributed by atoms with Crippen LogP contribution in [0.15, 0.2) is 40.8 Å². The topological polar surface area (TPSA) is 141 Å². The number of ether oxygens (including phenoxy) is 2. The summed E-state index contributed by atoms with van der Waals surface area (Å²) in [5.74, 6) is -0.563. The Kier molecular flexibility index (Phi) is 7.31. The van der Waals surface area contributed by atoms with E-state index in [9.17, 15) is 18.0 Å². The molecule has 37 heavy (non-hydrogen) atoms. The number of esters is 1. The normalized spacial score (nSPS) is 18.7. The number of furan rings is 1. The highest BCUT2D eigenvalue weighted by Crippen LogP contribution is 2.42. The Morgan fingerprint density at radius 3 is 2.51 bits per heavy atom. The molecule has 0 radical (unpaired) electrons. The Balaban J connectivity index is 1.86. The van der Waals surface area contributed by atoms with E-state index < -0.39 is 34.2 Å². The van der Waals surface area contributed by atoms with Crippen LogP contribution >= 0.6 is 0 Å². The first kappa shape index (κ1) is 26.6. The van der Waals surface area contributed by atoms with E-state index in [2.05, 4.69) is 5.32 Å². The third-order valence-electron chi connectivity index (χ3n) is 6.26. The van der Waals surface area contributed by atoms with Crippen molar-refractivity contribution in [3.8, 4) is 11.3 Å². The molecule has 0 unspecified atom stereocenters. The van der Waals surface area contributed by atoms with Gasteiger partial charge in [-0.1, -0.05) is 29.8 Å². The lowest BCUT2D eigenvalue weighted by atomic mass is 10.00. The number of hydrogen-bond donors (Lipinski definition) is 2. The molecule has 1 amide bonds. The highest BCUT2D eigenvalue weighted by Gasteiger charge is 2.34. The fourth-order valence-electron chi connectivity index (χ4n) is 4.35. The van der Waals surface area contributed by atoms with Gasteiger partial charge in [0.1, 0.15) is 30.1 Å². The molecular weight excluding hydrogens is 498 g/mol. The minimum atomic E-state index is -3.76. The van der Waals surface area contributed by atoms with Crippen molar-refractivity contribution >= 4 is 38.6 Å². The lowest BCUT2D eigenvalue weighted by Gasteiger charge is -2.25. The maximum atomic E-state index is 13.0. The zero-order chi connectivity index (χ0) is 27.1. The van der Waals surface area contributed by atoms with Crippen LogP contribution < -0.4 is 15.4 Å². The molecule has 1 aliphatic rings. The minimum absolute atomic E-state index is 0.0816. The number of nitrogens with one attached hydrogen (secondary N) is 1. The average molecular weight is 530 g/mol. The van der Waals surface area contributed by atoms with Gasteiger partial charge in [-0.15, -0.1) is 0 Å². The molecule has 10 nitrogen and oxygen atoms in total. The summed E-state index contributed by atoms with van der Waals surface area (Å²) < 4.78 is 44.5. The zero-order valence-electron chi connectivity index (χ0n) is 21.4. The molecule has 3 aromatic rings. The SMILES string of the molecule is CNC(=O)c1c(-c2ccc(C)cc2)oc2cc3c(cc12)[C@H](C)O[C@H](COC(=O)[C@@H](C)N)CN3S(C)(=O)=O. The number of hydrogen-bond acceptors (Lipinski definition) is 8. The number of aryl methyl sites for hydroxylation is 1. The molecule has 4 rings (SSSR count). The fourth-order valence-corrected chi connectivity index (χ4v) is 5.30. The monoisotopic (exact) mass is 529 g/mol. The summed E-state index contributed by atoms with van der Waals surface area (Å²) in [6, 6.07) is 10.1. The second kappa shape index (κ2) is 10.2. The first-order valence-corrected chi connectivity index (χ1v) is 13.7. The van der Waals surface area contributed by atoms with Crippen molar-refractivity contribution in [1.82, 2.24) is 5.32 Å². The smallest absolute Gasteiger partial charge is 0.322 e. The summed E-state index contributed by atoms with van der Waals surface area (Å²) in [5.41, 5.74) is 8.97. The van der Waals surface area contributed by atoms with Crippen molar-refractivity contribution in [1.29, 1.82) is 0 Å². The molecule has 3 atom stereocenters. The third-order valence-corrected chi connectivity index (χ3v) is 7.41. The second-order valence-electron chi connectivity index (χ2n) is 9.27. The number of sulfonamides is 1. The van der Waals surface area contributed by atoms with E-state index in [1.165, 1.54) is 18.3 Å². The Labute approximate surface area is 215 Å². The van der Waals surface area contributed by atoms with E-state index in [0.29, 0.717) is 33.5 Å². The second-order valence-corrected chi connectivity index (χ2v) is 11.2. The van der Waals surface area contributed by atoms with Crippen LogP contribution in [0.1, 0.15) is 41.4 Å². The van der Waals surface area contributed by atoms with Gasteiger partial charge < -0.3 is 24.9 Å². The standard InChI is InChI=1S/C26H31N3O7S/c1-14-6-8-17(9-7-14)24-23(25(30)28-4)20-10-19-16(3)35-18(13-34-26(31)15(2)27)12-29(37(5,32)33)21(19)11-22(20)36-24/h6-11,15-16,18H,12-13,27H2,1-5H3,(H,28,30)/t15-,16+,18+/m1/s1. The number of carbonyl (C=O) groups excluding carboxylic acids is 2. The number of nitrogens with two attached hydrogens (primary N) is 1. The largest absolute Gasteiger partial charge is 0.462 e. The van der Waals surface area contributed by atoms with Gasteiger partial charge in [-0.05, 0) is 26.8 Å². The molecule has 0 saturated heterocycles. The summed E-state index contributed by atoms with van der Waals surface area (Å²) in [5, 5.41) is 3.19. The van der Waals surface area contributed by atoms with Gasteiger partial charge in [-0.3, -0.25) is 13.9 Å². The Morgan fingerprint density at radius 2 is 1.92 bits per heavy atom. The highest BCUT2D eigenvalue weighted by atomic mass is 32.2. The van der Waals surface area contributed by atoms with Gasteiger partial charge >= 0.3 is 5.97 Å². The number of anilines is 1. The van der Waals surface area contributed by atoms with Gasteiger partial charge in [0.05, 0.1) is 30.2 Å². The molecule has 2 heterocycles. The lowest BCUT2D eigenvalue weighted by Crippen LogP contribution is -2.40. The van der Waals surface area contributed by atoms with Crippen molar-refractivity contribution in [2.24, 2.45) is 5.73 Å². The van der Waals surface area contributed by atoms with E-state index in [4.69, 9.17) is 19.6 Å².